The monoisotopic (exact) mass is 488 g/mol. The van der Waals surface area contributed by atoms with Crippen molar-refractivity contribution in [2.75, 3.05) is 36.4 Å². The molecule has 0 aliphatic carbocycles. The molecule has 0 saturated carbocycles. The number of halogens is 4. The lowest BCUT2D eigenvalue weighted by atomic mass is 10.1. The van der Waals surface area contributed by atoms with Gasteiger partial charge in [-0.1, -0.05) is 11.6 Å². The summed E-state index contributed by atoms with van der Waals surface area (Å²) in [5.41, 5.74) is 0.454. The number of carbonyl (C=O) groups excluding carboxylic acids is 2. The van der Waals surface area contributed by atoms with Crippen LogP contribution in [-0.4, -0.2) is 47.9 Å². The number of rotatable bonds is 4. The third-order valence-corrected chi connectivity index (χ3v) is 5.71. The van der Waals surface area contributed by atoms with E-state index in [1.165, 1.54) is 12.1 Å². The van der Waals surface area contributed by atoms with Crippen molar-refractivity contribution in [2.45, 2.75) is 6.18 Å². The third kappa shape index (κ3) is 5.48. The summed E-state index contributed by atoms with van der Waals surface area (Å²) in [6.45, 7) is 1.87. The van der Waals surface area contributed by atoms with E-state index >= 15 is 0 Å². The number of carbonyl (C=O) groups is 2. The van der Waals surface area contributed by atoms with E-state index in [0.29, 0.717) is 48.3 Å². The quantitative estimate of drug-likeness (QED) is 0.563. The van der Waals surface area contributed by atoms with E-state index < -0.39 is 11.7 Å². The van der Waals surface area contributed by atoms with Gasteiger partial charge in [-0.2, -0.15) is 13.2 Å². The number of benzene rings is 2. The van der Waals surface area contributed by atoms with Gasteiger partial charge in [0.15, 0.2) is 0 Å². The van der Waals surface area contributed by atoms with Crippen molar-refractivity contribution in [3.05, 3.63) is 88.6 Å². The molecule has 6 nitrogen and oxygen atoms in total. The average molecular weight is 489 g/mol. The summed E-state index contributed by atoms with van der Waals surface area (Å²) in [6.07, 6.45) is -2.88. The van der Waals surface area contributed by atoms with E-state index in [2.05, 4.69) is 10.3 Å². The Morgan fingerprint density at radius 3 is 2.03 bits per heavy atom. The zero-order valence-electron chi connectivity index (χ0n) is 17.8. The Balaban J connectivity index is 1.32. The van der Waals surface area contributed by atoms with Gasteiger partial charge in [0.25, 0.3) is 11.8 Å². The molecule has 1 aliphatic heterocycles. The molecular weight excluding hydrogens is 469 g/mol. The molecule has 1 N–H and O–H groups in total. The number of nitrogens with one attached hydrogen (secondary N) is 1. The number of aromatic nitrogens is 1. The number of alkyl halides is 3. The number of anilines is 2. The van der Waals surface area contributed by atoms with Gasteiger partial charge in [-0.05, 0) is 60.7 Å². The molecule has 2 heterocycles. The standard InChI is InChI=1S/C24H20ClF3N4O2/c25-19-7-3-16(4-8-19)22(33)30-20-9-10-21(29-15-20)31-11-13-32(14-12-31)23(34)17-1-5-18(6-2-17)24(26,27)28/h1-10,15H,11-14H2,(H,30,33). The number of pyridine rings is 1. The van der Waals surface area contributed by atoms with Crippen molar-refractivity contribution in [2.24, 2.45) is 0 Å². The van der Waals surface area contributed by atoms with Gasteiger partial charge < -0.3 is 15.1 Å². The molecule has 1 aliphatic rings. The maximum Gasteiger partial charge on any atom is 0.416 e. The lowest BCUT2D eigenvalue weighted by molar-refractivity contribution is -0.137. The maximum absolute atomic E-state index is 12.7. The van der Waals surface area contributed by atoms with Crippen LogP contribution in [0.5, 0.6) is 0 Å². The van der Waals surface area contributed by atoms with E-state index in [-0.39, 0.29) is 17.4 Å². The third-order valence-electron chi connectivity index (χ3n) is 5.46. The Kier molecular flexibility index (Phi) is 6.74. The SMILES string of the molecule is O=C(Nc1ccc(N2CCN(C(=O)c3ccc(C(F)(F)F)cc3)CC2)nc1)c1ccc(Cl)cc1. The fourth-order valence-electron chi connectivity index (χ4n) is 3.57. The van der Waals surface area contributed by atoms with Crippen LogP contribution >= 0.6 is 11.6 Å². The molecular formula is C24H20ClF3N4O2. The molecule has 1 saturated heterocycles. The lowest BCUT2D eigenvalue weighted by Gasteiger charge is -2.35. The Morgan fingerprint density at radius 2 is 1.47 bits per heavy atom. The highest BCUT2D eigenvalue weighted by atomic mass is 35.5. The molecule has 2 aromatic carbocycles. The topological polar surface area (TPSA) is 65.5 Å². The molecule has 1 aromatic heterocycles. The van der Waals surface area contributed by atoms with Gasteiger partial charge in [0.05, 0.1) is 17.4 Å². The molecule has 2 amide bonds. The summed E-state index contributed by atoms with van der Waals surface area (Å²) in [5.74, 6) is 0.120. The van der Waals surface area contributed by atoms with Crippen LogP contribution in [0.2, 0.25) is 5.02 Å². The van der Waals surface area contributed by atoms with Crippen LogP contribution in [0.4, 0.5) is 24.7 Å². The maximum atomic E-state index is 12.7. The fraction of sp³-hybridized carbons (Fsp3) is 0.208. The Morgan fingerprint density at radius 1 is 0.853 bits per heavy atom. The van der Waals surface area contributed by atoms with Gasteiger partial charge >= 0.3 is 6.18 Å². The predicted molar refractivity (Wildman–Crippen MR) is 123 cm³/mol. The van der Waals surface area contributed by atoms with Gasteiger partial charge in [-0.25, -0.2) is 4.98 Å². The molecule has 0 spiro atoms. The zero-order valence-corrected chi connectivity index (χ0v) is 18.6. The van der Waals surface area contributed by atoms with Crippen molar-refractivity contribution in [3.63, 3.8) is 0 Å². The van der Waals surface area contributed by atoms with Crippen LogP contribution in [0.3, 0.4) is 0 Å². The predicted octanol–water partition coefficient (Wildman–Crippen LogP) is 4.97. The minimum absolute atomic E-state index is 0.223. The van der Waals surface area contributed by atoms with Gasteiger partial charge in [0.2, 0.25) is 0 Å². The molecule has 34 heavy (non-hydrogen) atoms. The number of hydrogen-bond donors (Lipinski definition) is 1. The molecule has 10 heteroatoms. The molecule has 0 atom stereocenters. The van der Waals surface area contributed by atoms with Crippen LogP contribution < -0.4 is 10.2 Å². The summed E-state index contributed by atoms with van der Waals surface area (Å²) in [4.78, 5) is 33.0. The second kappa shape index (κ2) is 9.72. The van der Waals surface area contributed by atoms with Crippen LogP contribution in [0.15, 0.2) is 66.9 Å². The van der Waals surface area contributed by atoms with Crippen LogP contribution in [0.1, 0.15) is 26.3 Å². The highest BCUT2D eigenvalue weighted by Gasteiger charge is 2.30. The van der Waals surface area contributed by atoms with Crippen molar-refractivity contribution in [1.29, 1.82) is 0 Å². The van der Waals surface area contributed by atoms with E-state index in [1.807, 2.05) is 4.90 Å². The second-order valence-electron chi connectivity index (χ2n) is 7.72. The van der Waals surface area contributed by atoms with Gasteiger partial charge in [0, 0.05) is 42.3 Å². The molecule has 176 valence electrons. The molecule has 0 bridgehead atoms. The molecule has 3 aromatic rings. The summed E-state index contributed by atoms with van der Waals surface area (Å²) in [6, 6.07) is 14.3. The smallest absolute Gasteiger partial charge is 0.353 e. The second-order valence-corrected chi connectivity index (χ2v) is 8.16. The van der Waals surface area contributed by atoms with Gasteiger partial charge in [-0.15, -0.1) is 0 Å². The molecule has 0 radical (unpaired) electrons. The van der Waals surface area contributed by atoms with E-state index in [1.54, 1.807) is 47.5 Å². The average Bonchev–Trinajstić information content (AvgIpc) is 2.84. The summed E-state index contributed by atoms with van der Waals surface area (Å²) >= 11 is 5.84. The number of hydrogen-bond acceptors (Lipinski definition) is 4. The van der Waals surface area contributed by atoms with Gasteiger partial charge in [-0.3, -0.25) is 9.59 Å². The first-order valence-electron chi connectivity index (χ1n) is 10.5. The highest BCUT2D eigenvalue weighted by Crippen LogP contribution is 2.29. The van der Waals surface area contributed by atoms with E-state index in [0.717, 1.165) is 12.1 Å². The molecule has 1 fully saturated rings. The van der Waals surface area contributed by atoms with Gasteiger partial charge in [0.1, 0.15) is 5.82 Å². The summed E-state index contributed by atoms with van der Waals surface area (Å²) < 4.78 is 38.2. The first-order chi connectivity index (χ1) is 16.2. The van der Waals surface area contributed by atoms with Crippen LogP contribution in [0, 0.1) is 0 Å². The van der Waals surface area contributed by atoms with Crippen LogP contribution in [0.25, 0.3) is 0 Å². The minimum atomic E-state index is -4.44. The Bertz CT molecular complexity index is 1160. The van der Waals surface area contributed by atoms with Crippen LogP contribution in [-0.2, 0) is 6.18 Å². The van der Waals surface area contributed by atoms with Crippen molar-refractivity contribution in [1.82, 2.24) is 9.88 Å². The highest BCUT2D eigenvalue weighted by molar-refractivity contribution is 6.30. The number of nitrogens with zero attached hydrogens (tertiary/aromatic N) is 3. The molecule has 0 unspecified atom stereocenters. The Hall–Kier alpha value is -3.59. The first kappa shape index (κ1) is 23.6. The minimum Gasteiger partial charge on any atom is -0.353 e. The fourth-order valence-corrected chi connectivity index (χ4v) is 3.70. The zero-order chi connectivity index (χ0) is 24.3. The van der Waals surface area contributed by atoms with Crippen molar-refractivity contribution < 1.29 is 22.8 Å². The van der Waals surface area contributed by atoms with E-state index in [9.17, 15) is 22.8 Å². The molecule has 4 rings (SSSR count). The summed E-state index contributed by atoms with van der Waals surface area (Å²) in [7, 11) is 0. The number of piperazine rings is 1. The normalized spacial score (nSPS) is 14.1. The van der Waals surface area contributed by atoms with Crippen molar-refractivity contribution >= 4 is 34.9 Å². The number of amides is 2. The Labute approximate surface area is 199 Å². The van der Waals surface area contributed by atoms with E-state index in [4.69, 9.17) is 11.6 Å². The summed E-state index contributed by atoms with van der Waals surface area (Å²) in [5, 5.41) is 3.32. The van der Waals surface area contributed by atoms with Crippen molar-refractivity contribution in [3.8, 4) is 0 Å². The largest absolute Gasteiger partial charge is 0.416 e. The lowest BCUT2D eigenvalue weighted by Crippen LogP contribution is -2.49. The first-order valence-corrected chi connectivity index (χ1v) is 10.8.